The smallest absolute Gasteiger partial charge is 0.0549 e. The lowest BCUT2D eigenvalue weighted by molar-refractivity contribution is 0.918. The molecule has 0 aromatic heterocycles. The van der Waals surface area contributed by atoms with Crippen molar-refractivity contribution in [2.24, 2.45) is 0 Å². The predicted molar refractivity (Wildman–Crippen MR) is 141 cm³/mol. The minimum absolute atomic E-state index is 1.00. The lowest BCUT2D eigenvalue weighted by Gasteiger charge is -2.31. The minimum atomic E-state index is 1.00. The Hall–Kier alpha value is -4.28. The summed E-state index contributed by atoms with van der Waals surface area (Å²) >= 11 is 0. The summed E-state index contributed by atoms with van der Waals surface area (Å²) in [5, 5.41) is 4.95. The molecule has 0 heterocycles. The van der Waals surface area contributed by atoms with E-state index in [1.807, 2.05) is 12.2 Å². The number of rotatable bonds is 4. The molecule has 1 heteroatoms. The molecule has 156 valence electrons. The summed E-state index contributed by atoms with van der Waals surface area (Å²) < 4.78 is 0. The maximum absolute atomic E-state index is 3.34. The standard InChI is InChI=1S/C32H23N/c1-3-12-25(13-4-1)31-22-27-15-9-10-16-28(27)23-32(31)33(29-17-5-2-6-18-29)30-20-19-24-11-7-8-14-26(24)21-30/h1-3,5,7-12,14-17,19-23H,6,18H2. The molecule has 0 spiro atoms. The zero-order valence-electron chi connectivity index (χ0n) is 18.3. The van der Waals surface area contributed by atoms with E-state index in [1.54, 1.807) is 0 Å². The highest BCUT2D eigenvalue weighted by Gasteiger charge is 2.21. The number of anilines is 2. The Morgan fingerprint density at radius 2 is 1.48 bits per heavy atom. The van der Waals surface area contributed by atoms with Crippen LogP contribution in [0.15, 0.2) is 132 Å². The van der Waals surface area contributed by atoms with Crippen LogP contribution in [0.5, 0.6) is 0 Å². The van der Waals surface area contributed by atoms with Crippen molar-refractivity contribution in [2.75, 3.05) is 4.90 Å². The Morgan fingerprint density at radius 1 is 0.727 bits per heavy atom. The van der Waals surface area contributed by atoms with E-state index in [-0.39, 0.29) is 0 Å². The molecule has 0 N–H and O–H groups in total. The number of hydrogen-bond donors (Lipinski definition) is 0. The van der Waals surface area contributed by atoms with Crippen molar-refractivity contribution in [1.29, 1.82) is 0 Å². The van der Waals surface area contributed by atoms with Gasteiger partial charge in [0.25, 0.3) is 0 Å². The fourth-order valence-electron chi connectivity index (χ4n) is 4.69. The third-order valence-electron chi connectivity index (χ3n) is 6.31. The average Bonchev–Trinajstić information content (AvgIpc) is 2.89. The van der Waals surface area contributed by atoms with Crippen molar-refractivity contribution in [1.82, 2.24) is 0 Å². The van der Waals surface area contributed by atoms with Crippen molar-refractivity contribution >= 4 is 38.5 Å². The van der Waals surface area contributed by atoms with Gasteiger partial charge in [0.05, 0.1) is 5.69 Å². The van der Waals surface area contributed by atoms with Crippen LogP contribution in [-0.2, 0) is 0 Å². The van der Waals surface area contributed by atoms with Crippen LogP contribution in [0.1, 0.15) is 18.4 Å². The van der Waals surface area contributed by atoms with Crippen LogP contribution in [-0.4, -0.2) is 0 Å². The summed E-state index contributed by atoms with van der Waals surface area (Å²) in [6.45, 7) is 0. The van der Waals surface area contributed by atoms with E-state index >= 15 is 0 Å². The largest absolute Gasteiger partial charge is 0.314 e. The average molecular weight is 422 g/mol. The van der Waals surface area contributed by atoms with Crippen LogP contribution in [0.25, 0.3) is 27.1 Å². The van der Waals surface area contributed by atoms with E-state index in [0.717, 1.165) is 24.0 Å². The van der Waals surface area contributed by atoms with Crippen molar-refractivity contribution in [3.05, 3.63) is 138 Å². The molecule has 0 radical (unpaired) electrons. The first-order valence-electron chi connectivity index (χ1n) is 11.4. The van der Waals surface area contributed by atoms with Crippen LogP contribution in [0.4, 0.5) is 11.4 Å². The second kappa shape index (κ2) is 8.34. The molecule has 0 saturated carbocycles. The van der Waals surface area contributed by atoms with Crippen LogP contribution < -0.4 is 4.90 Å². The summed E-state index contributed by atoms with van der Waals surface area (Å²) in [5.74, 6) is 0. The Labute approximate surface area is 194 Å². The fraction of sp³-hybridized carbons (Fsp3) is 0.0625. The molecule has 6 rings (SSSR count). The highest BCUT2D eigenvalue weighted by atomic mass is 15.2. The summed E-state index contributed by atoms with van der Waals surface area (Å²) in [7, 11) is 0. The maximum atomic E-state index is 3.34. The second-order valence-corrected chi connectivity index (χ2v) is 8.42. The first-order valence-corrected chi connectivity index (χ1v) is 11.4. The number of allylic oxidation sites excluding steroid dienone is 8. The normalized spacial score (nSPS) is 14.5. The van der Waals surface area contributed by atoms with Gasteiger partial charge in [-0.3, -0.25) is 0 Å². The van der Waals surface area contributed by atoms with Gasteiger partial charge in [0.15, 0.2) is 0 Å². The van der Waals surface area contributed by atoms with E-state index in [9.17, 15) is 0 Å². The Balaban J connectivity index is 1.65. The van der Waals surface area contributed by atoms with Gasteiger partial charge < -0.3 is 4.90 Å². The van der Waals surface area contributed by atoms with Gasteiger partial charge in [0.2, 0.25) is 0 Å². The summed E-state index contributed by atoms with van der Waals surface area (Å²) in [6, 6.07) is 28.5. The van der Waals surface area contributed by atoms with Gasteiger partial charge in [-0.1, -0.05) is 84.3 Å². The van der Waals surface area contributed by atoms with E-state index in [4.69, 9.17) is 0 Å². The molecule has 0 bridgehead atoms. The third-order valence-corrected chi connectivity index (χ3v) is 6.31. The maximum Gasteiger partial charge on any atom is 0.0549 e. The van der Waals surface area contributed by atoms with Crippen LogP contribution in [0.2, 0.25) is 0 Å². The van der Waals surface area contributed by atoms with Crippen molar-refractivity contribution in [3.63, 3.8) is 0 Å². The van der Waals surface area contributed by atoms with Crippen molar-refractivity contribution < 1.29 is 0 Å². The van der Waals surface area contributed by atoms with E-state index in [1.165, 1.54) is 38.6 Å². The Bertz CT molecular complexity index is 1580. The summed E-state index contributed by atoms with van der Waals surface area (Å²) in [4.78, 5) is 2.43. The van der Waals surface area contributed by atoms with Crippen LogP contribution in [0, 0.1) is 0 Å². The number of benzene rings is 4. The lowest BCUT2D eigenvalue weighted by atomic mass is 9.96. The second-order valence-electron chi connectivity index (χ2n) is 8.42. The van der Waals surface area contributed by atoms with Gasteiger partial charge in [-0.15, -0.1) is 0 Å². The quantitative estimate of drug-likeness (QED) is 0.298. The number of hydrogen-bond acceptors (Lipinski definition) is 1. The number of nitrogens with zero attached hydrogens (tertiary/aromatic N) is 1. The topological polar surface area (TPSA) is 3.24 Å². The Morgan fingerprint density at radius 3 is 2.21 bits per heavy atom. The van der Waals surface area contributed by atoms with Gasteiger partial charge in [-0.2, -0.15) is 0 Å². The van der Waals surface area contributed by atoms with Crippen LogP contribution >= 0.6 is 0 Å². The summed E-state index contributed by atoms with van der Waals surface area (Å²) in [5.41, 5.74) is 12.3. The van der Waals surface area contributed by atoms with Gasteiger partial charge >= 0.3 is 0 Å². The summed E-state index contributed by atoms with van der Waals surface area (Å²) in [6.07, 6.45) is 14.8. The van der Waals surface area contributed by atoms with E-state index < -0.39 is 0 Å². The van der Waals surface area contributed by atoms with Gasteiger partial charge in [-0.05, 0) is 76.9 Å². The molecule has 1 nitrogen and oxygen atoms in total. The molecule has 0 atom stereocenters. The molecule has 2 aliphatic rings. The highest BCUT2D eigenvalue weighted by Crippen LogP contribution is 2.41. The number of fused-ring (bicyclic) bond motifs is 2. The molecular weight excluding hydrogens is 398 g/mol. The monoisotopic (exact) mass is 421 g/mol. The van der Waals surface area contributed by atoms with E-state index in [0.29, 0.717) is 0 Å². The molecule has 4 aromatic carbocycles. The first-order chi connectivity index (χ1) is 16.4. The lowest BCUT2D eigenvalue weighted by Crippen LogP contribution is -2.18. The molecule has 0 aliphatic heterocycles. The van der Waals surface area contributed by atoms with Crippen molar-refractivity contribution in [3.8, 4) is 0 Å². The zero-order valence-corrected chi connectivity index (χ0v) is 18.3. The molecule has 0 unspecified atom stereocenters. The van der Waals surface area contributed by atoms with Gasteiger partial charge in [0, 0.05) is 22.5 Å². The van der Waals surface area contributed by atoms with E-state index in [2.05, 4.69) is 120 Å². The molecule has 4 aromatic rings. The molecule has 0 amide bonds. The van der Waals surface area contributed by atoms with Gasteiger partial charge in [-0.25, -0.2) is 0 Å². The zero-order chi connectivity index (χ0) is 22.0. The first kappa shape index (κ1) is 19.4. The SMILES string of the molecule is C1=C=C(c2cc3ccccc3cc2N(C2=CC=CCC2)c2ccc3ccccc3c2)C=CC=1. The highest BCUT2D eigenvalue weighted by molar-refractivity contribution is 5.97. The van der Waals surface area contributed by atoms with Crippen molar-refractivity contribution in [2.45, 2.75) is 12.8 Å². The molecular formula is C32H23N. The fourth-order valence-corrected chi connectivity index (χ4v) is 4.69. The molecule has 2 aliphatic carbocycles. The molecule has 33 heavy (non-hydrogen) atoms. The minimum Gasteiger partial charge on any atom is -0.314 e. The molecule has 0 saturated heterocycles. The molecule has 0 fully saturated rings. The predicted octanol–water partition coefficient (Wildman–Crippen LogP) is 8.63. The third kappa shape index (κ3) is 3.67. The van der Waals surface area contributed by atoms with Crippen LogP contribution in [0.3, 0.4) is 0 Å². The van der Waals surface area contributed by atoms with Gasteiger partial charge in [0.1, 0.15) is 0 Å². The Kier molecular flexibility index (Phi) is 4.90.